The molecule has 0 saturated heterocycles. The number of ether oxygens (including phenoxy) is 1. The summed E-state index contributed by atoms with van der Waals surface area (Å²) in [6.45, 7) is 7.40. The highest BCUT2D eigenvalue weighted by atomic mass is 32.2. The first kappa shape index (κ1) is 30.8. The average molecular weight is 546 g/mol. The number of aromatic nitrogens is 2. The van der Waals surface area contributed by atoms with Gasteiger partial charge in [-0.15, -0.1) is 0 Å². The van der Waals surface area contributed by atoms with Crippen LogP contribution in [-0.2, 0) is 33.2 Å². The third-order valence-electron chi connectivity index (χ3n) is 6.20. The molecular weight excluding hydrogens is 506 g/mol. The Morgan fingerprint density at radius 3 is 2.24 bits per heavy atom. The summed E-state index contributed by atoms with van der Waals surface area (Å²) in [5.74, 6) is 1.09. The molecule has 1 amide bonds. The van der Waals surface area contributed by atoms with Crippen molar-refractivity contribution in [2.75, 3.05) is 33.5 Å². The smallest absolute Gasteiger partial charge is 0.243 e. The first-order valence-corrected chi connectivity index (χ1v) is 13.7. The standard InChI is InChI=1S/C15H23NO4S.C12H16N4O/c1-6-7-13(17)10-16(4)21(18,19)15-11(2)8-14(20-5)9-12(15)3;1-8(17)15(2)7-9-4-5-10-11(6-9)16(3)12(13)14-10/h8-9H,6-7,10H2,1-5H3;4-6H,7H2,1-3H3,(H2,13,14). The van der Waals surface area contributed by atoms with Gasteiger partial charge < -0.3 is 19.9 Å². The van der Waals surface area contributed by atoms with Crippen LogP contribution >= 0.6 is 0 Å². The molecular formula is C27H39N5O5S. The number of rotatable bonds is 9. The lowest BCUT2D eigenvalue weighted by Crippen LogP contribution is -2.33. The van der Waals surface area contributed by atoms with E-state index in [0.717, 1.165) is 20.9 Å². The van der Waals surface area contributed by atoms with Crippen LogP contribution in [0.1, 0.15) is 43.4 Å². The number of anilines is 1. The number of carbonyl (C=O) groups excluding carboxylic acids is 2. The molecule has 11 heteroatoms. The van der Waals surface area contributed by atoms with Crippen molar-refractivity contribution in [1.29, 1.82) is 0 Å². The van der Waals surface area contributed by atoms with Crippen LogP contribution in [0.15, 0.2) is 35.2 Å². The number of hydrogen-bond donors (Lipinski definition) is 1. The first-order valence-electron chi connectivity index (χ1n) is 12.3. The number of benzene rings is 2. The first-order chi connectivity index (χ1) is 17.7. The van der Waals surface area contributed by atoms with Gasteiger partial charge in [-0.1, -0.05) is 13.0 Å². The number of hydrogen-bond acceptors (Lipinski definition) is 7. The van der Waals surface area contributed by atoms with Crippen LogP contribution in [0.3, 0.4) is 0 Å². The molecule has 0 spiro atoms. The van der Waals surface area contributed by atoms with E-state index in [2.05, 4.69) is 4.98 Å². The van der Waals surface area contributed by atoms with Gasteiger partial charge in [-0.2, -0.15) is 4.31 Å². The lowest BCUT2D eigenvalue weighted by atomic mass is 10.1. The van der Waals surface area contributed by atoms with Crippen molar-refractivity contribution >= 4 is 38.7 Å². The highest BCUT2D eigenvalue weighted by molar-refractivity contribution is 7.89. The van der Waals surface area contributed by atoms with Gasteiger partial charge in [-0.3, -0.25) is 9.59 Å². The molecule has 0 saturated carbocycles. The van der Waals surface area contributed by atoms with Crippen molar-refractivity contribution in [2.24, 2.45) is 7.05 Å². The summed E-state index contributed by atoms with van der Waals surface area (Å²) in [7, 11) is 2.95. The molecule has 10 nitrogen and oxygen atoms in total. The number of fused-ring (bicyclic) bond motifs is 1. The normalized spacial score (nSPS) is 11.3. The Morgan fingerprint density at radius 2 is 1.71 bits per heavy atom. The van der Waals surface area contributed by atoms with E-state index >= 15 is 0 Å². The largest absolute Gasteiger partial charge is 0.497 e. The number of methoxy groups -OCH3 is 1. The van der Waals surface area contributed by atoms with Crippen LogP contribution in [0.5, 0.6) is 5.75 Å². The van der Waals surface area contributed by atoms with Crippen LogP contribution in [0.25, 0.3) is 11.0 Å². The molecule has 0 unspecified atom stereocenters. The molecule has 0 fully saturated rings. The van der Waals surface area contributed by atoms with E-state index in [4.69, 9.17) is 10.5 Å². The second kappa shape index (κ2) is 12.9. The zero-order valence-corrected chi connectivity index (χ0v) is 24.3. The summed E-state index contributed by atoms with van der Waals surface area (Å²) in [5.41, 5.74) is 9.89. The summed E-state index contributed by atoms with van der Waals surface area (Å²) < 4.78 is 33.4. The predicted molar refractivity (Wildman–Crippen MR) is 149 cm³/mol. The van der Waals surface area contributed by atoms with Crippen LogP contribution in [0.4, 0.5) is 5.95 Å². The zero-order valence-electron chi connectivity index (χ0n) is 23.5. The van der Waals surface area contributed by atoms with E-state index in [-0.39, 0.29) is 23.1 Å². The van der Waals surface area contributed by atoms with Crippen molar-refractivity contribution in [3.63, 3.8) is 0 Å². The number of ketones is 1. The summed E-state index contributed by atoms with van der Waals surface area (Å²) in [6, 6.07) is 9.27. The van der Waals surface area contributed by atoms with Gasteiger partial charge in [0.1, 0.15) is 11.5 Å². The van der Waals surface area contributed by atoms with E-state index in [1.165, 1.54) is 14.2 Å². The van der Waals surface area contributed by atoms with Crippen molar-refractivity contribution in [2.45, 2.75) is 52.0 Å². The number of likely N-dealkylation sites (N-methyl/N-ethyl adjacent to an activating group) is 1. The van der Waals surface area contributed by atoms with Crippen molar-refractivity contribution in [3.05, 3.63) is 47.0 Å². The van der Waals surface area contributed by atoms with Gasteiger partial charge in [0.2, 0.25) is 21.9 Å². The van der Waals surface area contributed by atoms with E-state index in [9.17, 15) is 18.0 Å². The van der Waals surface area contributed by atoms with E-state index < -0.39 is 10.0 Å². The number of amides is 1. The highest BCUT2D eigenvalue weighted by Gasteiger charge is 2.26. The molecule has 1 aromatic heterocycles. The Labute approximate surface area is 225 Å². The minimum absolute atomic E-state index is 0.0506. The molecule has 1 heterocycles. The molecule has 0 aliphatic rings. The maximum absolute atomic E-state index is 12.6. The number of carbonyl (C=O) groups is 2. The summed E-state index contributed by atoms with van der Waals surface area (Å²) in [5, 5.41) is 0. The van der Waals surface area contributed by atoms with Crippen LogP contribution in [0, 0.1) is 13.8 Å². The Hall–Kier alpha value is -3.44. The Kier molecular flexibility index (Phi) is 10.4. The molecule has 0 bridgehead atoms. The maximum atomic E-state index is 12.6. The number of nitrogens with zero attached hydrogens (tertiary/aromatic N) is 4. The van der Waals surface area contributed by atoms with Gasteiger partial charge in [-0.05, 0) is 61.2 Å². The topological polar surface area (TPSA) is 128 Å². The number of aryl methyl sites for hydroxylation is 3. The van der Waals surface area contributed by atoms with Crippen molar-refractivity contribution in [3.8, 4) is 5.75 Å². The number of nitrogens with two attached hydrogens (primary N) is 1. The van der Waals surface area contributed by atoms with Crippen molar-refractivity contribution in [1.82, 2.24) is 18.8 Å². The molecule has 0 radical (unpaired) electrons. The second-order valence-corrected chi connectivity index (χ2v) is 11.3. The molecule has 2 N–H and O–H groups in total. The Balaban J connectivity index is 0.000000272. The molecule has 3 rings (SSSR count). The lowest BCUT2D eigenvalue weighted by Gasteiger charge is -2.20. The fourth-order valence-electron chi connectivity index (χ4n) is 4.02. The fourth-order valence-corrected chi connectivity index (χ4v) is 5.58. The van der Waals surface area contributed by atoms with E-state index in [1.54, 1.807) is 44.9 Å². The molecule has 2 aromatic carbocycles. The zero-order chi connectivity index (χ0) is 28.8. The lowest BCUT2D eigenvalue weighted by molar-refractivity contribution is -0.128. The van der Waals surface area contributed by atoms with Crippen LogP contribution in [-0.4, -0.2) is 66.6 Å². The van der Waals surface area contributed by atoms with Crippen molar-refractivity contribution < 1.29 is 22.7 Å². The highest BCUT2D eigenvalue weighted by Crippen LogP contribution is 2.27. The van der Waals surface area contributed by atoms with E-state index in [0.29, 0.717) is 42.2 Å². The Morgan fingerprint density at radius 1 is 1.11 bits per heavy atom. The Bertz CT molecular complexity index is 1390. The van der Waals surface area contributed by atoms with Crippen LogP contribution < -0.4 is 10.5 Å². The second-order valence-electron chi connectivity index (χ2n) is 9.37. The summed E-state index contributed by atoms with van der Waals surface area (Å²) >= 11 is 0. The third kappa shape index (κ3) is 7.32. The van der Waals surface area contributed by atoms with Gasteiger partial charge >= 0.3 is 0 Å². The van der Waals surface area contributed by atoms with E-state index in [1.807, 2.05) is 36.7 Å². The molecule has 0 atom stereocenters. The molecule has 38 heavy (non-hydrogen) atoms. The van der Waals surface area contributed by atoms with Gasteiger partial charge in [0.05, 0.1) is 29.6 Å². The summed E-state index contributed by atoms with van der Waals surface area (Å²) in [6.07, 6.45) is 1.10. The number of imidazole rings is 1. The van der Waals surface area contributed by atoms with Gasteiger partial charge in [0.15, 0.2) is 0 Å². The summed E-state index contributed by atoms with van der Waals surface area (Å²) in [4.78, 5) is 29.0. The minimum atomic E-state index is -3.68. The fraction of sp³-hybridized carbons (Fsp3) is 0.444. The average Bonchev–Trinajstić information content (AvgIpc) is 3.11. The van der Waals surface area contributed by atoms with Gasteiger partial charge in [0.25, 0.3) is 0 Å². The monoisotopic (exact) mass is 545 g/mol. The molecule has 208 valence electrons. The SMILES string of the molecule is CC(=O)N(C)Cc1ccc2nc(N)n(C)c2c1.CCCC(=O)CN(C)S(=O)(=O)c1c(C)cc(OC)cc1C. The number of nitrogen functional groups attached to an aromatic ring is 1. The number of sulfonamides is 1. The quantitative estimate of drug-likeness (QED) is 0.436. The molecule has 0 aliphatic heterocycles. The minimum Gasteiger partial charge on any atom is -0.497 e. The molecule has 3 aromatic rings. The van der Waals surface area contributed by atoms with Gasteiger partial charge in [0, 0.05) is 41.0 Å². The molecule has 0 aliphatic carbocycles. The third-order valence-corrected chi connectivity index (χ3v) is 8.31. The van der Waals surface area contributed by atoms with Crippen LogP contribution in [0.2, 0.25) is 0 Å². The van der Waals surface area contributed by atoms with Gasteiger partial charge in [-0.25, -0.2) is 13.4 Å². The number of Topliss-reactive ketones (excluding diaryl/α,β-unsaturated/α-hetero) is 1. The maximum Gasteiger partial charge on any atom is 0.243 e. The predicted octanol–water partition coefficient (Wildman–Crippen LogP) is 3.44.